The summed E-state index contributed by atoms with van der Waals surface area (Å²) in [5, 5.41) is 12.0. The van der Waals surface area contributed by atoms with Crippen LogP contribution in [0.4, 0.5) is 5.69 Å². The Morgan fingerprint density at radius 2 is 2.00 bits per heavy atom. The lowest BCUT2D eigenvalue weighted by atomic mass is 9.68. The van der Waals surface area contributed by atoms with Gasteiger partial charge in [-0.15, -0.1) is 0 Å². The molecule has 3 aliphatic heterocycles. The van der Waals surface area contributed by atoms with Crippen molar-refractivity contribution in [2.24, 2.45) is 11.8 Å². The number of halogens is 1. The number of carbonyl (C=O) groups excluding carboxylic acids is 1. The summed E-state index contributed by atoms with van der Waals surface area (Å²) >= 11 is 6.41. The van der Waals surface area contributed by atoms with Crippen LogP contribution < -0.4 is 14.4 Å². The summed E-state index contributed by atoms with van der Waals surface area (Å²) in [6.07, 6.45) is 9.79. The second-order valence-electron chi connectivity index (χ2n) is 13.9. The highest BCUT2D eigenvalue weighted by Crippen LogP contribution is 2.46. The van der Waals surface area contributed by atoms with Crippen LogP contribution in [0.1, 0.15) is 73.4 Å². The number of aryl methyl sites for hydroxylation is 1. The standard InChI is InChI=1S/C35H44ClN3O6S/c1-23-5-2-8-32(40)29-12-9-26(29)19-38-21-35(15-3-6-24-17-27(36)11-13-30(24)35)22-45-33-14-10-25(18-31(33)38)34(41)37-46(42,43)39(23)20-28-7-4-16-44-28/h2,8,10-11,13-14,17-18,23,26,28-29,32,40H,3-7,9,12,15-16,19-22H2,1H3,(H,37,41)/b8-2-/t23-,26-,28+,29+,32-,35-/m0/s1. The molecule has 0 unspecified atom stereocenters. The Labute approximate surface area is 277 Å². The number of nitrogens with one attached hydrogen (secondary N) is 1. The number of carbonyl (C=O) groups is 1. The third kappa shape index (κ3) is 6.19. The molecule has 9 nitrogen and oxygen atoms in total. The number of amides is 1. The van der Waals surface area contributed by atoms with Gasteiger partial charge in [-0.05, 0) is 112 Å². The van der Waals surface area contributed by atoms with Crippen LogP contribution in [0.2, 0.25) is 5.02 Å². The fraction of sp³-hybridized carbons (Fsp3) is 0.571. The van der Waals surface area contributed by atoms with E-state index in [0.717, 1.165) is 55.7 Å². The van der Waals surface area contributed by atoms with E-state index >= 15 is 0 Å². The average Bonchev–Trinajstić information content (AvgIpc) is 3.47. The molecule has 0 radical (unpaired) electrons. The molecule has 2 aromatic carbocycles. The zero-order valence-electron chi connectivity index (χ0n) is 26.4. The van der Waals surface area contributed by atoms with Crippen LogP contribution in [0.15, 0.2) is 48.6 Å². The first kappa shape index (κ1) is 31.9. The van der Waals surface area contributed by atoms with Crippen molar-refractivity contribution >= 4 is 33.4 Å². The molecule has 2 aromatic rings. The minimum Gasteiger partial charge on any atom is -0.490 e. The van der Waals surface area contributed by atoms with Gasteiger partial charge in [0.2, 0.25) is 0 Å². The summed E-state index contributed by atoms with van der Waals surface area (Å²) in [6.45, 7) is 4.45. The van der Waals surface area contributed by atoms with Gasteiger partial charge in [-0.25, -0.2) is 4.72 Å². The summed E-state index contributed by atoms with van der Waals surface area (Å²) in [4.78, 5) is 16.0. The molecule has 6 atom stereocenters. The molecule has 1 saturated heterocycles. The van der Waals surface area contributed by atoms with Crippen molar-refractivity contribution in [3.63, 3.8) is 0 Å². The largest absolute Gasteiger partial charge is 0.490 e. The lowest BCUT2D eigenvalue weighted by Gasteiger charge is -2.45. The molecule has 2 bridgehead atoms. The van der Waals surface area contributed by atoms with Crippen molar-refractivity contribution in [1.29, 1.82) is 0 Å². The van der Waals surface area contributed by atoms with E-state index in [0.29, 0.717) is 38.5 Å². The number of anilines is 1. The number of benzene rings is 2. The van der Waals surface area contributed by atoms with E-state index in [1.54, 1.807) is 18.2 Å². The fourth-order valence-corrected chi connectivity index (χ4v) is 9.81. The molecule has 1 amide bonds. The summed E-state index contributed by atoms with van der Waals surface area (Å²) in [5.74, 6) is 0.348. The van der Waals surface area contributed by atoms with E-state index in [2.05, 4.69) is 21.8 Å². The van der Waals surface area contributed by atoms with Gasteiger partial charge in [-0.3, -0.25) is 4.79 Å². The number of ether oxygens (including phenoxy) is 2. The minimum absolute atomic E-state index is 0.0960. The van der Waals surface area contributed by atoms with Crippen LogP contribution in [0.3, 0.4) is 0 Å². The normalized spacial score (nSPS) is 33.6. The molecule has 11 heteroatoms. The van der Waals surface area contributed by atoms with E-state index in [-0.39, 0.29) is 35.5 Å². The molecule has 7 rings (SSSR count). The summed E-state index contributed by atoms with van der Waals surface area (Å²) in [5.41, 5.74) is 3.25. The summed E-state index contributed by atoms with van der Waals surface area (Å²) < 4.78 is 43.6. The quantitative estimate of drug-likeness (QED) is 0.433. The zero-order valence-corrected chi connectivity index (χ0v) is 27.9. The Bertz CT molecular complexity index is 1610. The SMILES string of the molecule is C[C@H]1C/C=C\[C@H](O)[C@@H]2CC[C@H]2CN2C[C@@]3(CCCc4cc(Cl)ccc43)COc3ccc(cc32)C(=O)NS(=O)(=O)N1C[C@H]1CCCO1. The van der Waals surface area contributed by atoms with Crippen molar-refractivity contribution in [1.82, 2.24) is 9.03 Å². The third-order valence-corrected chi connectivity index (χ3v) is 12.7. The van der Waals surface area contributed by atoms with E-state index in [9.17, 15) is 18.3 Å². The number of hydrogen-bond acceptors (Lipinski definition) is 7. The Morgan fingerprint density at radius 1 is 1.13 bits per heavy atom. The maximum Gasteiger partial charge on any atom is 0.304 e. The molecule has 2 N–H and O–H groups in total. The molecule has 46 heavy (non-hydrogen) atoms. The number of aliphatic hydroxyl groups is 1. The molecule has 1 saturated carbocycles. The monoisotopic (exact) mass is 669 g/mol. The molecular weight excluding hydrogens is 626 g/mol. The first-order chi connectivity index (χ1) is 22.1. The molecule has 0 aromatic heterocycles. The second-order valence-corrected chi connectivity index (χ2v) is 16.0. The maximum absolute atomic E-state index is 13.8. The average molecular weight is 670 g/mol. The highest BCUT2D eigenvalue weighted by atomic mass is 35.5. The highest BCUT2D eigenvalue weighted by Gasteiger charge is 2.44. The highest BCUT2D eigenvalue weighted by molar-refractivity contribution is 7.87. The third-order valence-electron chi connectivity index (χ3n) is 10.9. The number of rotatable bonds is 2. The fourth-order valence-electron chi connectivity index (χ4n) is 8.22. The van der Waals surface area contributed by atoms with Gasteiger partial charge in [-0.1, -0.05) is 29.8 Å². The van der Waals surface area contributed by atoms with Gasteiger partial charge in [0, 0.05) is 48.3 Å². The van der Waals surface area contributed by atoms with Crippen molar-refractivity contribution < 1.29 is 27.8 Å². The number of nitrogens with zero attached hydrogens (tertiary/aromatic N) is 2. The Hall–Kier alpha value is -2.63. The Kier molecular flexibility index (Phi) is 8.86. The Balaban J connectivity index is 1.27. The van der Waals surface area contributed by atoms with Crippen LogP contribution >= 0.6 is 11.6 Å². The Morgan fingerprint density at radius 3 is 2.78 bits per heavy atom. The first-order valence-electron chi connectivity index (χ1n) is 16.7. The number of fused-ring (bicyclic) bond motifs is 4. The van der Waals surface area contributed by atoms with Gasteiger partial charge >= 0.3 is 10.2 Å². The second kappa shape index (κ2) is 12.8. The van der Waals surface area contributed by atoms with Gasteiger partial charge in [0.15, 0.2) is 0 Å². The smallest absolute Gasteiger partial charge is 0.304 e. The minimum atomic E-state index is -4.21. The van der Waals surface area contributed by atoms with E-state index in [4.69, 9.17) is 21.1 Å². The van der Waals surface area contributed by atoms with Gasteiger partial charge < -0.3 is 19.5 Å². The molecule has 248 valence electrons. The van der Waals surface area contributed by atoms with E-state index in [1.165, 1.54) is 15.4 Å². The van der Waals surface area contributed by atoms with E-state index in [1.807, 2.05) is 25.1 Å². The predicted octanol–water partition coefficient (Wildman–Crippen LogP) is 5.00. The van der Waals surface area contributed by atoms with Crippen molar-refractivity contribution in [2.75, 3.05) is 37.7 Å². The number of aliphatic hydroxyl groups excluding tert-OH is 1. The van der Waals surface area contributed by atoms with Crippen LogP contribution in [0.25, 0.3) is 0 Å². The van der Waals surface area contributed by atoms with Crippen LogP contribution in [0.5, 0.6) is 5.75 Å². The van der Waals surface area contributed by atoms with Crippen LogP contribution in [-0.4, -0.2) is 74.8 Å². The molecule has 2 aliphatic carbocycles. The van der Waals surface area contributed by atoms with Crippen LogP contribution in [-0.2, 0) is 26.8 Å². The molecule has 3 heterocycles. The topological polar surface area (TPSA) is 108 Å². The maximum atomic E-state index is 13.8. The zero-order chi connectivity index (χ0) is 32.1. The van der Waals surface area contributed by atoms with E-state index < -0.39 is 28.3 Å². The van der Waals surface area contributed by atoms with Crippen molar-refractivity contribution in [3.05, 3.63) is 70.3 Å². The molecule has 2 fully saturated rings. The number of hydrogen-bond donors (Lipinski definition) is 2. The van der Waals surface area contributed by atoms with Gasteiger partial charge in [0.05, 0.1) is 24.5 Å². The van der Waals surface area contributed by atoms with Gasteiger partial charge in [-0.2, -0.15) is 12.7 Å². The molecule has 1 spiro atoms. The van der Waals surface area contributed by atoms with Crippen molar-refractivity contribution in [2.45, 2.75) is 82.0 Å². The summed E-state index contributed by atoms with van der Waals surface area (Å²) in [7, 11) is -4.21. The first-order valence-corrected chi connectivity index (χ1v) is 18.5. The van der Waals surface area contributed by atoms with Crippen LogP contribution in [0, 0.1) is 11.8 Å². The van der Waals surface area contributed by atoms with Crippen molar-refractivity contribution in [3.8, 4) is 5.75 Å². The molecule has 5 aliphatic rings. The van der Waals surface area contributed by atoms with Gasteiger partial charge in [0.1, 0.15) is 5.75 Å². The lowest BCUT2D eigenvalue weighted by Crippen LogP contribution is -2.50. The predicted molar refractivity (Wildman–Crippen MR) is 178 cm³/mol. The lowest BCUT2D eigenvalue weighted by molar-refractivity contribution is 0.0455. The summed E-state index contributed by atoms with van der Waals surface area (Å²) in [6, 6.07) is 10.9. The molecular formula is C35H44ClN3O6S. The van der Waals surface area contributed by atoms with Gasteiger partial charge in [0.25, 0.3) is 5.91 Å².